The van der Waals surface area contributed by atoms with Crippen molar-refractivity contribution in [2.45, 2.75) is 67.2 Å². The molecule has 0 bridgehead atoms. The van der Waals surface area contributed by atoms with Crippen LogP contribution in [0.5, 0.6) is 0 Å². The van der Waals surface area contributed by atoms with E-state index < -0.39 is 35.7 Å². The van der Waals surface area contributed by atoms with Gasteiger partial charge in [-0.2, -0.15) is 0 Å². The number of esters is 2. The molecule has 6 nitrogen and oxygen atoms in total. The number of unbranched alkanes of at least 4 members (excludes halogenated alkanes) is 2. The van der Waals surface area contributed by atoms with Crippen LogP contribution >= 0.6 is 0 Å². The van der Waals surface area contributed by atoms with Crippen molar-refractivity contribution >= 4 is 37.3 Å². The molecule has 2 rings (SSSR count). The number of nitrogens with zero attached hydrogens (tertiary/aromatic N) is 2. The van der Waals surface area contributed by atoms with E-state index in [0.29, 0.717) is 26.1 Å². The zero-order valence-electron chi connectivity index (χ0n) is 21.3. The van der Waals surface area contributed by atoms with E-state index >= 15 is 0 Å². The molecule has 0 aromatic heterocycles. The predicted molar refractivity (Wildman–Crippen MR) is 134 cm³/mol. The van der Waals surface area contributed by atoms with Crippen LogP contribution in [0.25, 0.3) is 0 Å². The van der Waals surface area contributed by atoms with Gasteiger partial charge in [0.2, 0.25) is 0 Å². The van der Waals surface area contributed by atoms with Gasteiger partial charge in [-0.25, -0.2) is 0 Å². The topological polar surface area (TPSA) is 59.1 Å². The van der Waals surface area contributed by atoms with E-state index in [2.05, 4.69) is 62.5 Å². The standard InChI is InChI=1S/C21H34BN2O4.3CH3.Sn/c1-6-8-12-27-19(25)21(20(26)28-13-9-7-2)14-17(3)18(15-21)16-22-23(4)10-11-24(22)5;;;;/h3,16H,6-15H2,1-2,4-5H3;3*1H3;. The van der Waals surface area contributed by atoms with Gasteiger partial charge in [-0.05, 0) is 0 Å². The summed E-state index contributed by atoms with van der Waals surface area (Å²) in [7, 11) is 4.25. The van der Waals surface area contributed by atoms with Crippen molar-refractivity contribution in [2.24, 2.45) is 5.41 Å². The van der Waals surface area contributed by atoms with Crippen LogP contribution in [0.4, 0.5) is 0 Å². The number of ether oxygens (including phenoxy) is 2. The number of hydrogen-bond acceptors (Lipinski definition) is 6. The van der Waals surface area contributed by atoms with Crippen LogP contribution < -0.4 is 0 Å². The molecule has 0 aromatic carbocycles. The van der Waals surface area contributed by atoms with Gasteiger partial charge in [-0.15, -0.1) is 0 Å². The second-order valence-corrected chi connectivity index (χ2v) is 24.8. The van der Waals surface area contributed by atoms with Gasteiger partial charge < -0.3 is 0 Å². The average Bonchev–Trinajstić information content (AvgIpc) is 3.23. The van der Waals surface area contributed by atoms with Gasteiger partial charge >= 0.3 is 200 Å². The van der Waals surface area contributed by atoms with Crippen molar-refractivity contribution < 1.29 is 19.1 Å². The van der Waals surface area contributed by atoms with Crippen LogP contribution in [0.15, 0.2) is 21.2 Å². The van der Waals surface area contributed by atoms with Gasteiger partial charge in [0.25, 0.3) is 0 Å². The summed E-state index contributed by atoms with van der Waals surface area (Å²) in [6.07, 6.45) is 4.24. The molecular weight excluding hydrogens is 510 g/mol. The van der Waals surface area contributed by atoms with Crippen molar-refractivity contribution in [3.8, 4) is 0 Å². The molecule has 1 aliphatic carbocycles. The van der Waals surface area contributed by atoms with E-state index in [4.69, 9.17) is 9.47 Å². The quantitative estimate of drug-likeness (QED) is 0.176. The van der Waals surface area contributed by atoms with Gasteiger partial charge in [-0.1, -0.05) is 0 Å². The fraction of sp³-hybridized carbons (Fsp3) is 0.750. The molecular formula is C24H43BN2O4Sn. The number of carbonyl (C=O) groups excluding carboxylic acids is 2. The first-order valence-electron chi connectivity index (χ1n) is 12.2. The van der Waals surface area contributed by atoms with Crippen molar-refractivity contribution in [3.63, 3.8) is 0 Å². The summed E-state index contributed by atoms with van der Waals surface area (Å²) in [5, 5.41) is 0. The third kappa shape index (κ3) is 7.10. The molecule has 0 unspecified atom stereocenters. The Bertz CT molecular complexity index is 700. The molecule has 8 heteroatoms. The van der Waals surface area contributed by atoms with Crippen molar-refractivity contribution in [3.05, 3.63) is 21.2 Å². The fourth-order valence-electron chi connectivity index (χ4n) is 4.39. The SMILES string of the molecule is CCCCOC(=O)C1(C(=O)OCCCC)CC(=CB2N(C)CCN2C)C(=[CH][Sn]([CH3])([CH3])[CH3])C1. The number of hydrogen-bond donors (Lipinski definition) is 0. The van der Waals surface area contributed by atoms with Crippen LogP contribution in [0.1, 0.15) is 52.4 Å². The van der Waals surface area contributed by atoms with Gasteiger partial charge in [0.15, 0.2) is 0 Å². The number of allylic oxidation sites excluding steroid dienone is 2. The number of likely N-dealkylation sites (N-methyl/N-ethyl adjacent to an activating group) is 2. The van der Waals surface area contributed by atoms with Crippen LogP contribution in [-0.4, -0.2) is 87.3 Å². The van der Waals surface area contributed by atoms with E-state index in [1.165, 1.54) is 0 Å². The molecule has 1 heterocycles. The van der Waals surface area contributed by atoms with E-state index in [1.54, 1.807) is 0 Å². The molecule has 0 aromatic rings. The minimum atomic E-state index is -2.36. The molecule has 0 amide bonds. The second-order valence-electron chi connectivity index (χ2n) is 10.5. The monoisotopic (exact) mass is 554 g/mol. The Kier molecular flexibility index (Phi) is 10.4. The Morgan fingerprint density at radius 2 is 1.41 bits per heavy atom. The van der Waals surface area contributed by atoms with Gasteiger partial charge in [0, 0.05) is 0 Å². The molecule has 0 N–H and O–H groups in total. The fourth-order valence-corrected chi connectivity index (χ4v) is 8.19. The first-order chi connectivity index (χ1) is 15.0. The molecule has 0 spiro atoms. The normalized spacial score (nSPS) is 22.2. The first kappa shape index (κ1) is 27.4. The van der Waals surface area contributed by atoms with Crippen molar-refractivity contribution in [1.29, 1.82) is 0 Å². The summed E-state index contributed by atoms with van der Waals surface area (Å²) in [5.41, 5.74) is 1.01. The summed E-state index contributed by atoms with van der Waals surface area (Å²) in [6.45, 7) is 7.01. The number of carbonyl (C=O) groups is 2. The molecule has 32 heavy (non-hydrogen) atoms. The molecule has 2 aliphatic rings. The summed E-state index contributed by atoms with van der Waals surface area (Å²) in [5.74, 6) is 1.43. The predicted octanol–water partition coefficient (Wildman–Crippen LogP) is 4.09. The zero-order chi connectivity index (χ0) is 23.9. The molecule has 0 atom stereocenters. The van der Waals surface area contributed by atoms with Gasteiger partial charge in [-0.3, -0.25) is 0 Å². The summed E-state index contributed by atoms with van der Waals surface area (Å²) in [4.78, 5) is 38.4. The molecule has 2 fully saturated rings. The number of rotatable bonds is 10. The Hall–Kier alpha value is -0.796. The Labute approximate surface area is 199 Å². The van der Waals surface area contributed by atoms with Crippen molar-refractivity contribution in [1.82, 2.24) is 9.62 Å². The van der Waals surface area contributed by atoms with Crippen LogP contribution in [0.2, 0.25) is 14.8 Å². The van der Waals surface area contributed by atoms with Gasteiger partial charge in [0.1, 0.15) is 0 Å². The summed E-state index contributed by atoms with van der Waals surface area (Å²) in [6, 6.07) is 0. The van der Waals surface area contributed by atoms with Crippen LogP contribution in [-0.2, 0) is 19.1 Å². The van der Waals surface area contributed by atoms with E-state index in [9.17, 15) is 9.59 Å². The Morgan fingerprint density at radius 3 is 1.84 bits per heavy atom. The molecule has 0 radical (unpaired) electrons. The average molecular weight is 553 g/mol. The molecule has 1 aliphatic heterocycles. The maximum absolute atomic E-state index is 13.4. The molecule has 180 valence electrons. The minimum absolute atomic E-state index is 0.173. The third-order valence-electron chi connectivity index (χ3n) is 6.31. The van der Waals surface area contributed by atoms with E-state index in [-0.39, 0.29) is 6.98 Å². The van der Waals surface area contributed by atoms with Gasteiger partial charge in [0.05, 0.1) is 0 Å². The first-order valence-corrected chi connectivity index (χ1v) is 22.4. The maximum atomic E-state index is 13.4. The van der Waals surface area contributed by atoms with E-state index in [1.807, 2.05) is 0 Å². The van der Waals surface area contributed by atoms with Crippen LogP contribution in [0.3, 0.4) is 0 Å². The molecule has 1 saturated heterocycles. The summed E-state index contributed by atoms with van der Waals surface area (Å²) < 4.78 is 13.7. The summed E-state index contributed by atoms with van der Waals surface area (Å²) >= 11 is -2.36. The zero-order valence-corrected chi connectivity index (χ0v) is 24.2. The Morgan fingerprint density at radius 1 is 0.938 bits per heavy atom. The second kappa shape index (κ2) is 12.1. The van der Waals surface area contributed by atoms with Crippen molar-refractivity contribution in [2.75, 3.05) is 40.4 Å². The van der Waals surface area contributed by atoms with E-state index in [0.717, 1.165) is 49.9 Å². The third-order valence-corrected chi connectivity index (χ3v) is 9.77. The molecule has 1 saturated carbocycles. The van der Waals surface area contributed by atoms with Crippen LogP contribution in [0, 0.1) is 5.41 Å². The Balaban J connectivity index is 2.44.